The molecule has 6 nitrogen and oxygen atoms in total. The van der Waals surface area contributed by atoms with Gasteiger partial charge in [0.2, 0.25) is 15.9 Å². The second-order valence-electron chi connectivity index (χ2n) is 6.83. The van der Waals surface area contributed by atoms with E-state index in [1.54, 1.807) is 42.2 Å². The molecule has 0 radical (unpaired) electrons. The van der Waals surface area contributed by atoms with Gasteiger partial charge >= 0.3 is 0 Å². The van der Waals surface area contributed by atoms with E-state index in [1.807, 2.05) is 36.6 Å². The Labute approximate surface area is 174 Å². The van der Waals surface area contributed by atoms with Crippen molar-refractivity contribution < 1.29 is 13.2 Å². The number of nitrogens with zero attached hydrogens (tertiary/aromatic N) is 2. The highest BCUT2D eigenvalue weighted by atomic mass is 32.2. The summed E-state index contributed by atoms with van der Waals surface area (Å²) >= 11 is 1.58. The second kappa shape index (κ2) is 8.14. The largest absolute Gasteiger partial charge is 0.325 e. The van der Waals surface area contributed by atoms with E-state index in [1.165, 1.54) is 4.31 Å². The summed E-state index contributed by atoms with van der Waals surface area (Å²) < 4.78 is 28.1. The van der Waals surface area contributed by atoms with E-state index in [-0.39, 0.29) is 10.8 Å². The zero-order chi connectivity index (χ0) is 20.4. The van der Waals surface area contributed by atoms with E-state index in [0.717, 1.165) is 10.3 Å². The summed E-state index contributed by atoms with van der Waals surface area (Å²) in [5.74, 6) is -0.308. The van der Waals surface area contributed by atoms with Gasteiger partial charge in [-0.3, -0.25) is 9.78 Å². The predicted molar refractivity (Wildman–Crippen MR) is 116 cm³/mol. The number of aromatic nitrogens is 1. The first-order valence-corrected chi connectivity index (χ1v) is 12.0. The summed E-state index contributed by atoms with van der Waals surface area (Å²) in [4.78, 5) is 18.4. The third-order valence-electron chi connectivity index (χ3n) is 5.03. The van der Waals surface area contributed by atoms with Gasteiger partial charge < -0.3 is 5.32 Å². The van der Waals surface area contributed by atoms with Gasteiger partial charge in [-0.1, -0.05) is 24.3 Å². The highest BCUT2D eigenvalue weighted by Gasteiger charge is 2.40. The lowest BCUT2D eigenvalue weighted by molar-refractivity contribution is -0.119. The minimum Gasteiger partial charge on any atom is -0.325 e. The Morgan fingerprint density at radius 1 is 1.17 bits per heavy atom. The molecular weight excluding hydrogens is 406 g/mol. The fourth-order valence-electron chi connectivity index (χ4n) is 3.63. The van der Waals surface area contributed by atoms with Gasteiger partial charge in [0.05, 0.1) is 5.52 Å². The molecule has 150 valence electrons. The summed E-state index contributed by atoms with van der Waals surface area (Å²) in [6.07, 6.45) is 4.67. The number of carbonyl (C=O) groups excluding carboxylic acids is 1. The van der Waals surface area contributed by atoms with Crippen LogP contribution in [0.4, 0.5) is 5.69 Å². The maximum atomic E-state index is 13.4. The highest BCUT2D eigenvalue weighted by molar-refractivity contribution is 7.98. The topological polar surface area (TPSA) is 79.4 Å². The molecule has 0 bridgehead atoms. The Bertz CT molecular complexity index is 1160. The van der Waals surface area contributed by atoms with Crippen LogP contribution < -0.4 is 5.32 Å². The van der Waals surface area contributed by atoms with E-state index in [9.17, 15) is 13.2 Å². The zero-order valence-electron chi connectivity index (χ0n) is 15.9. The number of benzene rings is 2. The van der Waals surface area contributed by atoms with Crippen LogP contribution in [0, 0.1) is 0 Å². The van der Waals surface area contributed by atoms with Gasteiger partial charge in [-0.25, -0.2) is 8.42 Å². The fourth-order valence-corrected chi connectivity index (χ4v) is 5.91. The number of para-hydroxylation sites is 1. The molecule has 2 heterocycles. The molecule has 1 aromatic heterocycles. The van der Waals surface area contributed by atoms with Crippen LogP contribution in [0.3, 0.4) is 0 Å². The van der Waals surface area contributed by atoms with Gasteiger partial charge in [-0.05, 0) is 49.4 Å². The molecule has 3 aromatic rings. The molecule has 1 saturated heterocycles. The number of sulfonamides is 1. The van der Waals surface area contributed by atoms with Crippen LogP contribution >= 0.6 is 11.8 Å². The van der Waals surface area contributed by atoms with Gasteiger partial charge in [0.25, 0.3) is 0 Å². The van der Waals surface area contributed by atoms with Crippen molar-refractivity contribution in [1.29, 1.82) is 0 Å². The van der Waals surface area contributed by atoms with Crippen molar-refractivity contribution >= 4 is 44.3 Å². The summed E-state index contributed by atoms with van der Waals surface area (Å²) in [6, 6.07) is 15.5. The molecule has 8 heteroatoms. The van der Waals surface area contributed by atoms with Crippen molar-refractivity contribution in [2.75, 3.05) is 18.1 Å². The van der Waals surface area contributed by atoms with Crippen molar-refractivity contribution in [2.45, 2.75) is 28.7 Å². The lowest BCUT2D eigenvalue weighted by Gasteiger charge is -2.24. The van der Waals surface area contributed by atoms with Crippen LogP contribution in [-0.4, -0.2) is 42.5 Å². The molecule has 0 saturated carbocycles. The molecule has 0 unspecified atom stereocenters. The third-order valence-corrected chi connectivity index (χ3v) is 7.69. The van der Waals surface area contributed by atoms with Crippen LogP contribution in [-0.2, 0) is 14.8 Å². The second-order valence-corrected chi connectivity index (χ2v) is 9.56. The number of anilines is 1. The minimum atomic E-state index is -3.86. The zero-order valence-corrected chi connectivity index (χ0v) is 17.5. The number of nitrogens with one attached hydrogen (secondary N) is 1. The van der Waals surface area contributed by atoms with E-state index in [4.69, 9.17) is 0 Å². The molecular formula is C21H21N3O3S2. The minimum absolute atomic E-state index is 0.139. The number of rotatable bonds is 5. The lowest BCUT2D eigenvalue weighted by atomic mass is 10.2. The maximum absolute atomic E-state index is 13.4. The standard InChI is InChI=1S/C21H21N3O3S2/c1-28-17-9-3-8-16(14-17)23-21(25)18-10-5-13-24(18)29(26,27)19-11-2-6-15-7-4-12-22-20(15)19/h2-4,6-9,11-12,14,18H,5,10,13H2,1H3,(H,23,25)/t18-/m1/s1. The lowest BCUT2D eigenvalue weighted by Crippen LogP contribution is -2.43. The Balaban J connectivity index is 1.64. The SMILES string of the molecule is CSc1cccc(NC(=O)[C@H]2CCCN2S(=O)(=O)c2cccc3cccnc23)c1. The average Bonchev–Trinajstić information content (AvgIpc) is 3.24. The molecule has 1 atom stereocenters. The predicted octanol–water partition coefficient (Wildman–Crippen LogP) is 3.75. The molecule has 0 aliphatic carbocycles. The Hall–Kier alpha value is -2.42. The summed E-state index contributed by atoms with van der Waals surface area (Å²) in [6.45, 7) is 0.314. The van der Waals surface area contributed by atoms with Crippen molar-refractivity contribution in [2.24, 2.45) is 0 Å². The molecule has 1 aliphatic heterocycles. The van der Waals surface area contributed by atoms with E-state index >= 15 is 0 Å². The van der Waals surface area contributed by atoms with Crippen molar-refractivity contribution in [1.82, 2.24) is 9.29 Å². The van der Waals surface area contributed by atoms with Crippen LogP contribution in [0.15, 0.2) is 70.6 Å². The number of pyridine rings is 1. The highest BCUT2D eigenvalue weighted by Crippen LogP contribution is 2.30. The van der Waals surface area contributed by atoms with E-state index in [2.05, 4.69) is 10.3 Å². The van der Waals surface area contributed by atoms with Crippen molar-refractivity contribution in [3.63, 3.8) is 0 Å². The molecule has 1 aliphatic rings. The number of thioether (sulfide) groups is 1. The molecule has 1 fully saturated rings. The number of amides is 1. The normalized spacial score (nSPS) is 17.5. The first-order valence-electron chi connectivity index (χ1n) is 9.31. The quantitative estimate of drug-likeness (QED) is 0.628. The number of carbonyl (C=O) groups is 1. The van der Waals surface area contributed by atoms with Crippen LogP contribution in [0.5, 0.6) is 0 Å². The van der Waals surface area contributed by atoms with Gasteiger partial charge in [-0.2, -0.15) is 4.31 Å². The van der Waals surface area contributed by atoms with Gasteiger partial charge in [0.15, 0.2) is 0 Å². The average molecular weight is 428 g/mol. The Morgan fingerprint density at radius 3 is 2.79 bits per heavy atom. The molecule has 1 N–H and O–H groups in total. The Morgan fingerprint density at radius 2 is 1.97 bits per heavy atom. The fraction of sp³-hybridized carbons (Fsp3) is 0.238. The van der Waals surface area contributed by atoms with Crippen LogP contribution in [0.1, 0.15) is 12.8 Å². The molecule has 1 amide bonds. The van der Waals surface area contributed by atoms with E-state index in [0.29, 0.717) is 30.6 Å². The van der Waals surface area contributed by atoms with Crippen LogP contribution in [0.2, 0.25) is 0 Å². The first-order chi connectivity index (χ1) is 14.0. The van der Waals surface area contributed by atoms with Gasteiger partial charge in [0.1, 0.15) is 10.9 Å². The summed E-state index contributed by atoms with van der Waals surface area (Å²) in [5.41, 5.74) is 1.09. The monoisotopic (exact) mass is 427 g/mol. The molecule has 0 spiro atoms. The van der Waals surface area contributed by atoms with Gasteiger partial charge in [-0.15, -0.1) is 11.8 Å². The smallest absolute Gasteiger partial charge is 0.245 e. The Kier molecular flexibility index (Phi) is 5.58. The van der Waals surface area contributed by atoms with Crippen molar-refractivity contribution in [3.05, 3.63) is 60.8 Å². The number of hydrogen-bond donors (Lipinski definition) is 1. The van der Waals surface area contributed by atoms with Crippen molar-refractivity contribution in [3.8, 4) is 0 Å². The summed E-state index contributed by atoms with van der Waals surface area (Å²) in [5, 5.41) is 3.63. The van der Waals surface area contributed by atoms with E-state index < -0.39 is 16.1 Å². The number of hydrogen-bond acceptors (Lipinski definition) is 5. The first kappa shape index (κ1) is 19.9. The maximum Gasteiger partial charge on any atom is 0.245 e. The third kappa shape index (κ3) is 3.88. The van der Waals surface area contributed by atoms with Gasteiger partial charge in [0, 0.05) is 28.7 Å². The molecule has 29 heavy (non-hydrogen) atoms. The molecule has 2 aromatic carbocycles. The number of fused-ring (bicyclic) bond motifs is 1. The van der Waals surface area contributed by atoms with Crippen LogP contribution in [0.25, 0.3) is 10.9 Å². The summed E-state index contributed by atoms with van der Waals surface area (Å²) in [7, 11) is -3.86. The molecule has 4 rings (SSSR count).